The summed E-state index contributed by atoms with van der Waals surface area (Å²) in [5.74, 6) is 0.579. The summed E-state index contributed by atoms with van der Waals surface area (Å²) in [5.41, 5.74) is 4.02. The van der Waals surface area contributed by atoms with E-state index in [2.05, 4.69) is 80.4 Å². The fraction of sp³-hybridized carbons (Fsp3) is 0.294. The molecule has 0 unspecified atom stereocenters. The van der Waals surface area contributed by atoms with Crippen molar-refractivity contribution in [3.63, 3.8) is 0 Å². The third-order valence-corrected chi connectivity index (χ3v) is 3.24. The summed E-state index contributed by atoms with van der Waals surface area (Å²) < 4.78 is 0. The van der Waals surface area contributed by atoms with E-state index in [0.717, 1.165) is 6.54 Å². The molecule has 0 saturated carbocycles. The monoisotopic (exact) mass is 239 g/mol. The number of hydrogen-bond acceptors (Lipinski definition) is 1. The summed E-state index contributed by atoms with van der Waals surface area (Å²) in [5, 5.41) is 0. The highest BCUT2D eigenvalue weighted by atomic mass is 15.1. The Morgan fingerprint density at radius 3 is 2.33 bits per heavy atom. The van der Waals surface area contributed by atoms with Gasteiger partial charge in [0.25, 0.3) is 0 Å². The average molecular weight is 239 g/mol. The number of rotatable bonds is 4. The summed E-state index contributed by atoms with van der Waals surface area (Å²) in [7, 11) is 2.15. The topological polar surface area (TPSA) is 3.24 Å². The summed E-state index contributed by atoms with van der Waals surface area (Å²) >= 11 is 0. The predicted molar refractivity (Wildman–Crippen MR) is 79.1 cm³/mol. The Bertz CT molecular complexity index is 488. The van der Waals surface area contributed by atoms with Crippen molar-refractivity contribution in [3.05, 3.63) is 65.7 Å². The molecule has 94 valence electrons. The molecule has 2 aromatic carbocycles. The Morgan fingerprint density at radius 1 is 0.944 bits per heavy atom. The lowest BCUT2D eigenvalue weighted by Gasteiger charge is -2.20. The van der Waals surface area contributed by atoms with Crippen LogP contribution in [-0.2, 0) is 6.54 Å². The van der Waals surface area contributed by atoms with E-state index in [4.69, 9.17) is 0 Å². The highest BCUT2D eigenvalue weighted by Gasteiger charge is 2.04. The molecule has 0 radical (unpaired) electrons. The van der Waals surface area contributed by atoms with Crippen LogP contribution in [0.2, 0.25) is 0 Å². The van der Waals surface area contributed by atoms with E-state index in [9.17, 15) is 0 Å². The van der Waals surface area contributed by atoms with Gasteiger partial charge in [-0.2, -0.15) is 0 Å². The lowest BCUT2D eigenvalue weighted by molar-refractivity contribution is 0.859. The molecular formula is C17H21N. The molecule has 0 N–H and O–H groups in total. The zero-order valence-electron chi connectivity index (χ0n) is 11.4. The molecular weight excluding hydrogens is 218 g/mol. The Hall–Kier alpha value is -1.76. The van der Waals surface area contributed by atoms with Crippen molar-refractivity contribution in [2.75, 3.05) is 11.9 Å². The minimum atomic E-state index is 0.579. The molecule has 0 aliphatic rings. The van der Waals surface area contributed by atoms with Gasteiger partial charge in [0.2, 0.25) is 0 Å². The van der Waals surface area contributed by atoms with Crippen LogP contribution in [0.3, 0.4) is 0 Å². The molecule has 0 aliphatic heterocycles. The molecule has 0 fully saturated rings. The predicted octanol–water partition coefficient (Wildman–Crippen LogP) is 4.45. The summed E-state index contributed by atoms with van der Waals surface area (Å²) in [6, 6.07) is 19.4. The molecule has 0 amide bonds. The van der Waals surface area contributed by atoms with Crippen LogP contribution in [0, 0.1) is 0 Å². The Morgan fingerprint density at radius 2 is 1.67 bits per heavy atom. The lowest BCUT2D eigenvalue weighted by Crippen LogP contribution is -2.16. The van der Waals surface area contributed by atoms with E-state index in [1.54, 1.807) is 0 Å². The zero-order chi connectivity index (χ0) is 13.0. The van der Waals surface area contributed by atoms with Crippen LogP contribution in [0.25, 0.3) is 0 Å². The fourth-order valence-electron chi connectivity index (χ4n) is 2.07. The van der Waals surface area contributed by atoms with Crippen molar-refractivity contribution < 1.29 is 0 Å². The molecule has 0 spiro atoms. The van der Waals surface area contributed by atoms with Crippen molar-refractivity contribution in [3.8, 4) is 0 Å². The minimum absolute atomic E-state index is 0.579. The zero-order valence-corrected chi connectivity index (χ0v) is 11.4. The second-order valence-corrected chi connectivity index (χ2v) is 5.09. The standard InChI is InChI=1S/C17H21N/c1-14(2)16-10-7-11-17(12-16)18(3)13-15-8-5-4-6-9-15/h4-12,14H,13H2,1-3H3. The maximum atomic E-state index is 2.29. The highest BCUT2D eigenvalue weighted by Crippen LogP contribution is 2.21. The molecule has 0 aromatic heterocycles. The molecule has 2 rings (SSSR count). The van der Waals surface area contributed by atoms with Crippen LogP contribution in [0.15, 0.2) is 54.6 Å². The van der Waals surface area contributed by atoms with E-state index in [0.29, 0.717) is 5.92 Å². The summed E-state index contributed by atoms with van der Waals surface area (Å²) in [4.78, 5) is 2.29. The van der Waals surface area contributed by atoms with Gasteiger partial charge in [0.1, 0.15) is 0 Å². The van der Waals surface area contributed by atoms with Gasteiger partial charge in [0.15, 0.2) is 0 Å². The van der Waals surface area contributed by atoms with Gasteiger partial charge in [-0.05, 0) is 29.2 Å². The fourth-order valence-corrected chi connectivity index (χ4v) is 2.07. The number of anilines is 1. The van der Waals surface area contributed by atoms with E-state index >= 15 is 0 Å². The first-order valence-electron chi connectivity index (χ1n) is 6.52. The molecule has 2 aromatic rings. The van der Waals surface area contributed by atoms with Gasteiger partial charge in [-0.1, -0.05) is 56.3 Å². The number of hydrogen-bond donors (Lipinski definition) is 0. The van der Waals surface area contributed by atoms with Crippen molar-refractivity contribution in [2.24, 2.45) is 0 Å². The van der Waals surface area contributed by atoms with Crippen molar-refractivity contribution >= 4 is 5.69 Å². The van der Waals surface area contributed by atoms with Gasteiger partial charge >= 0.3 is 0 Å². The maximum absolute atomic E-state index is 2.29. The second-order valence-electron chi connectivity index (χ2n) is 5.09. The van der Waals surface area contributed by atoms with Gasteiger partial charge in [-0.3, -0.25) is 0 Å². The van der Waals surface area contributed by atoms with E-state index < -0.39 is 0 Å². The molecule has 0 heterocycles. The normalized spacial score (nSPS) is 10.7. The third-order valence-electron chi connectivity index (χ3n) is 3.24. The lowest BCUT2D eigenvalue weighted by atomic mass is 10.0. The molecule has 0 atom stereocenters. The van der Waals surface area contributed by atoms with Crippen molar-refractivity contribution in [1.82, 2.24) is 0 Å². The van der Waals surface area contributed by atoms with Crippen LogP contribution < -0.4 is 4.90 Å². The minimum Gasteiger partial charge on any atom is -0.370 e. The Balaban J connectivity index is 2.14. The van der Waals surface area contributed by atoms with Crippen LogP contribution in [0.4, 0.5) is 5.69 Å². The second kappa shape index (κ2) is 5.72. The van der Waals surface area contributed by atoms with Crippen LogP contribution >= 0.6 is 0 Å². The molecule has 1 heteroatoms. The summed E-state index contributed by atoms with van der Waals surface area (Å²) in [6.45, 7) is 5.41. The SMILES string of the molecule is CC(C)c1cccc(N(C)Cc2ccccc2)c1. The number of nitrogens with zero attached hydrogens (tertiary/aromatic N) is 1. The first-order valence-corrected chi connectivity index (χ1v) is 6.52. The van der Waals surface area contributed by atoms with Crippen LogP contribution in [-0.4, -0.2) is 7.05 Å². The van der Waals surface area contributed by atoms with E-state index in [1.807, 2.05) is 0 Å². The molecule has 0 bridgehead atoms. The third kappa shape index (κ3) is 3.13. The summed E-state index contributed by atoms with van der Waals surface area (Å²) in [6.07, 6.45) is 0. The first-order chi connectivity index (χ1) is 8.66. The van der Waals surface area contributed by atoms with Crippen LogP contribution in [0.1, 0.15) is 30.9 Å². The smallest absolute Gasteiger partial charge is 0.0426 e. The quantitative estimate of drug-likeness (QED) is 0.762. The van der Waals surface area contributed by atoms with Gasteiger partial charge in [0, 0.05) is 19.3 Å². The highest BCUT2D eigenvalue weighted by molar-refractivity contribution is 5.49. The molecule has 18 heavy (non-hydrogen) atoms. The average Bonchev–Trinajstić information content (AvgIpc) is 2.40. The molecule has 0 aliphatic carbocycles. The van der Waals surface area contributed by atoms with Crippen molar-refractivity contribution in [2.45, 2.75) is 26.3 Å². The Labute approximate surface area is 110 Å². The molecule has 1 nitrogen and oxygen atoms in total. The maximum Gasteiger partial charge on any atom is 0.0426 e. The van der Waals surface area contributed by atoms with Gasteiger partial charge in [-0.25, -0.2) is 0 Å². The van der Waals surface area contributed by atoms with Gasteiger partial charge < -0.3 is 4.90 Å². The first kappa shape index (κ1) is 12.7. The van der Waals surface area contributed by atoms with Gasteiger partial charge in [0.05, 0.1) is 0 Å². The Kier molecular flexibility index (Phi) is 4.03. The van der Waals surface area contributed by atoms with Crippen molar-refractivity contribution in [1.29, 1.82) is 0 Å². The largest absolute Gasteiger partial charge is 0.370 e. The molecule has 0 saturated heterocycles. The van der Waals surface area contributed by atoms with E-state index in [-0.39, 0.29) is 0 Å². The van der Waals surface area contributed by atoms with Gasteiger partial charge in [-0.15, -0.1) is 0 Å². The number of benzene rings is 2. The van der Waals surface area contributed by atoms with Crippen LogP contribution in [0.5, 0.6) is 0 Å². The van der Waals surface area contributed by atoms with E-state index in [1.165, 1.54) is 16.8 Å².